The van der Waals surface area contributed by atoms with Crippen molar-refractivity contribution in [1.29, 1.82) is 0 Å². The van der Waals surface area contributed by atoms with Gasteiger partial charge in [0.15, 0.2) is 0 Å². The molecule has 2 unspecified atom stereocenters. The Bertz CT molecular complexity index is 467. The van der Waals surface area contributed by atoms with Gasteiger partial charge in [0.25, 0.3) is 5.91 Å². The standard InChI is InChI=1S/C12H15BrClNO2S/c1-8(18(2)17)6-7-15-12(16)9-4-3-5-10(13)11(9)14/h3-5,8H,6-7H2,1-2H3,(H,15,16). The van der Waals surface area contributed by atoms with Crippen LogP contribution in [-0.2, 0) is 10.8 Å². The molecule has 0 fully saturated rings. The average Bonchev–Trinajstić information content (AvgIpc) is 2.32. The summed E-state index contributed by atoms with van der Waals surface area (Å²) in [6.07, 6.45) is 2.35. The number of hydrogen-bond donors (Lipinski definition) is 1. The fourth-order valence-corrected chi connectivity index (χ4v) is 2.36. The Morgan fingerprint density at radius 2 is 2.22 bits per heavy atom. The topological polar surface area (TPSA) is 46.2 Å². The minimum atomic E-state index is -0.862. The summed E-state index contributed by atoms with van der Waals surface area (Å²) < 4.78 is 11.9. The summed E-state index contributed by atoms with van der Waals surface area (Å²) in [4.78, 5) is 11.9. The third-order valence-corrected chi connectivity index (χ3v) is 5.26. The molecule has 3 nitrogen and oxygen atoms in total. The molecule has 0 saturated carbocycles. The van der Waals surface area contributed by atoms with E-state index >= 15 is 0 Å². The molecule has 0 aliphatic heterocycles. The predicted octanol–water partition coefficient (Wildman–Crippen LogP) is 2.99. The lowest BCUT2D eigenvalue weighted by Crippen LogP contribution is -2.27. The number of rotatable bonds is 5. The van der Waals surface area contributed by atoms with Crippen LogP contribution < -0.4 is 5.32 Å². The summed E-state index contributed by atoms with van der Waals surface area (Å²) in [6.45, 7) is 2.39. The van der Waals surface area contributed by atoms with Crippen molar-refractivity contribution in [3.8, 4) is 0 Å². The Labute approximate surface area is 123 Å². The first-order valence-electron chi connectivity index (χ1n) is 5.48. The highest BCUT2D eigenvalue weighted by molar-refractivity contribution is 9.10. The Morgan fingerprint density at radius 1 is 1.56 bits per heavy atom. The fraction of sp³-hybridized carbons (Fsp3) is 0.417. The second-order valence-electron chi connectivity index (χ2n) is 3.96. The largest absolute Gasteiger partial charge is 0.352 e. The van der Waals surface area contributed by atoms with Crippen molar-refractivity contribution in [2.45, 2.75) is 18.6 Å². The van der Waals surface area contributed by atoms with Gasteiger partial charge in [0.1, 0.15) is 0 Å². The van der Waals surface area contributed by atoms with Gasteiger partial charge in [-0.25, -0.2) is 0 Å². The van der Waals surface area contributed by atoms with E-state index in [9.17, 15) is 9.00 Å². The SMILES string of the molecule is CC(CCNC(=O)c1cccc(Br)c1Cl)S(C)=O. The monoisotopic (exact) mass is 351 g/mol. The van der Waals surface area contributed by atoms with Gasteiger partial charge >= 0.3 is 0 Å². The van der Waals surface area contributed by atoms with Gasteiger partial charge in [-0.15, -0.1) is 0 Å². The van der Waals surface area contributed by atoms with E-state index < -0.39 is 10.8 Å². The van der Waals surface area contributed by atoms with Crippen LogP contribution in [0.3, 0.4) is 0 Å². The number of benzene rings is 1. The molecule has 1 N–H and O–H groups in total. The zero-order valence-electron chi connectivity index (χ0n) is 10.2. The fourth-order valence-electron chi connectivity index (χ4n) is 1.33. The molecule has 0 radical (unpaired) electrons. The van der Waals surface area contributed by atoms with Crippen LogP contribution in [-0.4, -0.2) is 28.2 Å². The van der Waals surface area contributed by atoms with Crippen molar-refractivity contribution in [1.82, 2.24) is 5.32 Å². The van der Waals surface area contributed by atoms with Crippen molar-refractivity contribution in [2.24, 2.45) is 0 Å². The molecular formula is C12H15BrClNO2S. The van der Waals surface area contributed by atoms with E-state index in [1.807, 2.05) is 6.92 Å². The molecule has 1 aromatic rings. The molecule has 2 atom stereocenters. The lowest BCUT2D eigenvalue weighted by atomic mass is 10.2. The van der Waals surface area contributed by atoms with E-state index in [0.29, 0.717) is 28.0 Å². The molecule has 18 heavy (non-hydrogen) atoms. The molecule has 1 rings (SSSR count). The van der Waals surface area contributed by atoms with Gasteiger partial charge in [-0.05, 0) is 34.5 Å². The Morgan fingerprint density at radius 3 is 2.83 bits per heavy atom. The molecule has 100 valence electrons. The summed E-state index contributed by atoms with van der Waals surface area (Å²) >= 11 is 9.30. The molecule has 0 saturated heterocycles. The number of carbonyl (C=O) groups is 1. The first-order valence-corrected chi connectivity index (χ1v) is 8.27. The van der Waals surface area contributed by atoms with Gasteiger partial charge in [0.2, 0.25) is 0 Å². The van der Waals surface area contributed by atoms with Crippen LogP contribution in [0.15, 0.2) is 22.7 Å². The van der Waals surface area contributed by atoms with Gasteiger partial charge in [-0.1, -0.05) is 24.6 Å². The Balaban J connectivity index is 2.56. The molecule has 0 bridgehead atoms. The number of carbonyl (C=O) groups excluding carboxylic acids is 1. The van der Waals surface area contributed by atoms with Crippen LogP contribution in [0.25, 0.3) is 0 Å². The summed E-state index contributed by atoms with van der Waals surface area (Å²) in [5.74, 6) is -0.213. The number of nitrogens with one attached hydrogen (secondary N) is 1. The molecule has 0 spiro atoms. The highest BCUT2D eigenvalue weighted by atomic mass is 79.9. The molecule has 0 aliphatic carbocycles. The van der Waals surface area contributed by atoms with Crippen LogP contribution in [0.2, 0.25) is 5.02 Å². The second-order valence-corrected chi connectivity index (χ2v) is 6.99. The van der Waals surface area contributed by atoms with Crippen LogP contribution in [0, 0.1) is 0 Å². The van der Waals surface area contributed by atoms with E-state index in [4.69, 9.17) is 11.6 Å². The zero-order chi connectivity index (χ0) is 13.7. The molecule has 1 aromatic carbocycles. The third-order valence-electron chi connectivity index (χ3n) is 2.60. The van der Waals surface area contributed by atoms with E-state index in [1.165, 1.54) is 0 Å². The normalized spacial score (nSPS) is 14.0. The lowest BCUT2D eigenvalue weighted by Gasteiger charge is -2.10. The van der Waals surface area contributed by atoms with E-state index in [0.717, 1.165) is 0 Å². The van der Waals surface area contributed by atoms with Crippen molar-refractivity contribution in [2.75, 3.05) is 12.8 Å². The van der Waals surface area contributed by atoms with Crippen molar-refractivity contribution in [3.05, 3.63) is 33.3 Å². The first kappa shape index (κ1) is 15.7. The summed E-state index contributed by atoms with van der Waals surface area (Å²) in [7, 11) is -0.862. The minimum Gasteiger partial charge on any atom is -0.352 e. The summed E-state index contributed by atoms with van der Waals surface area (Å²) in [6, 6.07) is 5.21. The van der Waals surface area contributed by atoms with Crippen molar-refractivity contribution >= 4 is 44.2 Å². The second kappa shape index (κ2) is 7.26. The molecule has 6 heteroatoms. The highest BCUT2D eigenvalue weighted by Crippen LogP contribution is 2.25. The highest BCUT2D eigenvalue weighted by Gasteiger charge is 2.12. The first-order chi connectivity index (χ1) is 8.43. The molecular weight excluding hydrogens is 338 g/mol. The van der Waals surface area contributed by atoms with E-state index in [-0.39, 0.29) is 11.2 Å². The predicted molar refractivity (Wildman–Crippen MR) is 79.6 cm³/mol. The van der Waals surface area contributed by atoms with Gasteiger partial charge in [0.05, 0.1) is 10.6 Å². The average molecular weight is 353 g/mol. The quantitative estimate of drug-likeness (QED) is 0.885. The van der Waals surface area contributed by atoms with Gasteiger partial charge in [0, 0.05) is 33.3 Å². The number of hydrogen-bond acceptors (Lipinski definition) is 2. The zero-order valence-corrected chi connectivity index (χ0v) is 13.4. The van der Waals surface area contributed by atoms with Crippen molar-refractivity contribution < 1.29 is 9.00 Å². The lowest BCUT2D eigenvalue weighted by molar-refractivity contribution is 0.0953. The molecule has 0 aromatic heterocycles. The van der Waals surface area contributed by atoms with Crippen LogP contribution in [0.1, 0.15) is 23.7 Å². The number of amides is 1. The third kappa shape index (κ3) is 4.37. The smallest absolute Gasteiger partial charge is 0.252 e. The Kier molecular flexibility index (Phi) is 6.32. The minimum absolute atomic E-state index is 0.0725. The van der Waals surface area contributed by atoms with E-state index in [2.05, 4.69) is 21.2 Å². The molecule has 0 heterocycles. The van der Waals surface area contributed by atoms with Crippen LogP contribution in [0.4, 0.5) is 0 Å². The molecule has 1 amide bonds. The van der Waals surface area contributed by atoms with Gasteiger partial charge in [-0.3, -0.25) is 9.00 Å². The number of halogens is 2. The van der Waals surface area contributed by atoms with Crippen LogP contribution >= 0.6 is 27.5 Å². The van der Waals surface area contributed by atoms with E-state index in [1.54, 1.807) is 24.5 Å². The maximum absolute atomic E-state index is 11.9. The Hall–Kier alpha value is -0.390. The molecule has 0 aliphatic rings. The van der Waals surface area contributed by atoms with Crippen LogP contribution in [0.5, 0.6) is 0 Å². The van der Waals surface area contributed by atoms with Gasteiger partial charge in [-0.2, -0.15) is 0 Å². The summed E-state index contributed by atoms with van der Waals surface area (Å²) in [5.41, 5.74) is 0.441. The van der Waals surface area contributed by atoms with Gasteiger partial charge < -0.3 is 5.32 Å². The maximum Gasteiger partial charge on any atom is 0.252 e. The maximum atomic E-state index is 11.9. The summed E-state index contributed by atoms with van der Waals surface area (Å²) in [5, 5.41) is 3.25. The van der Waals surface area contributed by atoms with Crippen molar-refractivity contribution in [3.63, 3.8) is 0 Å².